The highest BCUT2D eigenvalue weighted by Crippen LogP contribution is 2.31. The number of carbonyl (C=O) groups excluding carboxylic acids is 1. The Hall–Kier alpha value is -4.98. The van der Waals surface area contributed by atoms with E-state index in [1.54, 1.807) is 40.1 Å². The Morgan fingerprint density at radius 2 is 1.81 bits per heavy atom. The summed E-state index contributed by atoms with van der Waals surface area (Å²) in [5.74, 6) is 0.533. The fourth-order valence-corrected chi connectivity index (χ4v) is 4.02. The molecule has 5 heterocycles. The van der Waals surface area contributed by atoms with Crippen molar-refractivity contribution in [3.8, 4) is 34.2 Å². The van der Waals surface area contributed by atoms with E-state index in [0.717, 1.165) is 22.3 Å². The quantitative estimate of drug-likeness (QED) is 0.377. The molecule has 0 fully saturated rings. The lowest BCUT2D eigenvalue weighted by Gasteiger charge is -2.15. The molecule has 5 aromatic heterocycles. The Balaban J connectivity index is 1.42. The minimum atomic E-state index is -0.394. The maximum Gasteiger partial charge on any atom is 0.342 e. The van der Waals surface area contributed by atoms with Crippen LogP contribution in [0.2, 0.25) is 0 Å². The van der Waals surface area contributed by atoms with E-state index in [0.29, 0.717) is 22.5 Å². The van der Waals surface area contributed by atoms with Crippen molar-refractivity contribution in [2.45, 2.75) is 32.9 Å². The van der Waals surface area contributed by atoms with Crippen LogP contribution in [0.4, 0.5) is 4.79 Å². The molecule has 0 saturated carbocycles. The van der Waals surface area contributed by atoms with Gasteiger partial charge in [-0.3, -0.25) is 4.68 Å². The highest BCUT2D eigenvalue weighted by molar-refractivity contribution is 5.88. The second-order valence-corrected chi connectivity index (χ2v) is 8.95. The molecule has 1 N–H and O–H groups in total. The molecule has 11 heteroatoms. The van der Waals surface area contributed by atoms with E-state index >= 15 is 0 Å². The van der Waals surface area contributed by atoms with Crippen LogP contribution in [0.15, 0.2) is 61.6 Å². The third kappa shape index (κ3) is 4.77. The van der Waals surface area contributed by atoms with E-state index < -0.39 is 6.03 Å². The number of nitrogens with one attached hydrogen (secondary N) is 1. The molecule has 0 spiro atoms. The highest BCUT2D eigenvalue weighted by atomic mass is 16.5. The van der Waals surface area contributed by atoms with Gasteiger partial charge in [0.05, 0.1) is 41.8 Å². The monoisotopic (exact) mass is 495 g/mol. The molecule has 0 aliphatic heterocycles. The van der Waals surface area contributed by atoms with Gasteiger partial charge in [-0.1, -0.05) is 6.07 Å². The van der Waals surface area contributed by atoms with E-state index in [4.69, 9.17) is 4.74 Å². The Morgan fingerprint density at radius 1 is 1.00 bits per heavy atom. The number of fused-ring (bicyclic) bond motifs is 1. The molecular formula is C26H25N9O2. The summed E-state index contributed by atoms with van der Waals surface area (Å²) in [6.45, 7) is 5.74. The van der Waals surface area contributed by atoms with E-state index in [1.165, 1.54) is 10.9 Å². The lowest BCUT2D eigenvalue weighted by molar-refractivity contribution is 0.232. The number of carbonyl (C=O) groups is 1. The van der Waals surface area contributed by atoms with Gasteiger partial charge < -0.3 is 10.1 Å². The number of nitriles is 1. The van der Waals surface area contributed by atoms with Gasteiger partial charge in [0, 0.05) is 60.2 Å². The standard InChI is InChI=1S/C26H25N9O2/c1-16(2)37-24-6-5-18(9-28-24)17(3)32-26(36)35-15-22(12-31-35)23-7-19(21-11-29-33(4)13-21)14-34-25(23)20(8-27)10-30-34/h5-7,9-17H,1-4H3,(H,32,36)/t17-/m1/s1. The van der Waals surface area contributed by atoms with Crippen molar-refractivity contribution in [1.29, 1.82) is 5.26 Å². The Labute approximate surface area is 212 Å². The van der Waals surface area contributed by atoms with Gasteiger partial charge in [-0.25, -0.2) is 14.3 Å². The topological polar surface area (TPSA) is 128 Å². The first-order valence-corrected chi connectivity index (χ1v) is 11.7. The molecule has 5 rings (SSSR count). The Bertz CT molecular complexity index is 1620. The molecule has 0 radical (unpaired) electrons. The summed E-state index contributed by atoms with van der Waals surface area (Å²) in [6.07, 6.45) is 12.0. The van der Waals surface area contributed by atoms with Crippen LogP contribution in [0.3, 0.4) is 0 Å². The first kappa shape index (κ1) is 23.7. The fraction of sp³-hybridized carbons (Fsp3) is 0.231. The molecule has 0 aliphatic rings. The lowest BCUT2D eigenvalue weighted by atomic mass is 10.0. The number of amides is 1. The number of aromatic nitrogens is 7. The number of aryl methyl sites for hydroxylation is 1. The first-order chi connectivity index (χ1) is 17.8. The zero-order valence-corrected chi connectivity index (χ0v) is 20.8. The van der Waals surface area contributed by atoms with Gasteiger partial charge in [-0.15, -0.1) is 0 Å². The van der Waals surface area contributed by atoms with Gasteiger partial charge in [0.15, 0.2) is 0 Å². The van der Waals surface area contributed by atoms with E-state index in [-0.39, 0.29) is 12.1 Å². The largest absolute Gasteiger partial charge is 0.475 e. The van der Waals surface area contributed by atoms with Crippen molar-refractivity contribution in [1.82, 2.24) is 39.5 Å². The summed E-state index contributed by atoms with van der Waals surface area (Å²) in [5.41, 5.74) is 5.07. The van der Waals surface area contributed by atoms with Gasteiger partial charge in [-0.05, 0) is 32.4 Å². The maximum atomic E-state index is 13.0. The SMILES string of the molecule is CC(C)Oc1ccc([C@@H](C)NC(=O)n2cc(-c3cc(-c4cnn(C)c4)cn4ncc(C#N)c34)cn2)cn1. The number of rotatable bonds is 6. The van der Waals surface area contributed by atoms with Crippen molar-refractivity contribution in [3.63, 3.8) is 0 Å². The predicted molar refractivity (Wildman–Crippen MR) is 136 cm³/mol. The van der Waals surface area contributed by atoms with Crippen LogP contribution in [-0.4, -0.2) is 46.3 Å². The van der Waals surface area contributed by atoms with Crippen LogP contribution >= 0.6 is 0 Å². The third-order valence-electron chi connectivity index (χ3n) is 5.83. The van der Waals surface area contributed by atoms with E-state index in [2.05, 4.69) is 31.7 Å². The summed E-state index contributed by atoms with van der Waals surface area (Å²) in [7, 11) is 1.85. The molecule has 186 valence electrons. The Morgan fingerprint density at radius 3 is 2.49 bits per heavy atom. The lowest BCUT2D eigenvalue weighted by Crippen LogP contribution is -2.31. The molecular weight excluding hydrogens is 470 g/mol. The van der Waals surface area contributed by atoms with Crippen molar-refractivity contribution in [2.75, 3.05) is 0 Å². The summed E-state index contributed by atoms with van der Waals surface area (Å²) in [4.78, 5) is 17.3. The number of hydrogen-bond donors (Lipinski definition) is 1. The molecule has 11 nitrogen and oxygen atoms in total. The zero-order valence-electron chi connectivity index (χ0n) is 20.8. The molecule has 1 atom stereocenters. The van der Waals surface area contributed by atoms with Gasteiger partial charge >= 0.3 is 6.03 Å². The van der Waals surface area contributed by atoms with E-state index in [1.807, 2.05) is 52.3 Å². The smallest absolute Gasteiger partial charge is 0.342 e. The third-order valence-corrected chi connectivity index (χ3v) is 5.83. The molecule has 0 aliphatic carbocycles. The molecule has 37 heavy (non-hydrogen) atoms. The van der Waals surface area contributed by atoms with Crippen molar-refractivity contribution >= 4 is 11.5 Å². The minimum absolute atomic E-state index is 0.0302. The van der Waals surface area contributed by atoms with Crippen LogP contribution in [0.25, 0.3) is 27.8 Å². The van der Waals surface area contributed by atoms with Gasteiger partial charge in [0.25, 0.3) is 0 Å². The second kappa shape index (κ2) is 9.58. The molecule has 0 bridgehead atoms. The van der Waals surface area contributed by atoms with Crippen LogP contribution < -0.4 is 10.1 Å². The number of ether oxygens (including phenoxy) is 1. The van der Waals surface area contributed by atoms with Crippen LogP contribution in [0.5, 0.6) is 5.88 Å². The van der Waals surface area contributed by atoms with Crippen molar-refractivity contribution < 1.29 is 9.53 Å². The van der Waals surface area contributed by atoms with E-state index in [9.17, 15) is 10.1 Å². The number of nitrogens with zero attached hydrogens (tertiary/aromatic N) is 8. The zero-order chi connectivity index (χ0) is 26.1. The van der Waals surface area contributed by atoms with Crippen molar-refractivity contribution in [3.05, 3.63) is 72.7 Å². The highest BCUT2D eigenvalue weighted by Gasteiger charge is 2.18. The Kier molecular flexibility index (Phi) is 6.15. The van der Waals surface area contributed by atoms with Crippen LogP contribution in [0, 0.1) is 11.3 Å². The van der Waals surface area contributed by atoms with Crippen molar-refractivity contribution in [2.24, 2.45) is 7.05 Å². The fourth-order valence-electron chi connectivity index (χ4n) is 4.02. The molecule has 0 aromatic carbocycles. The minimum Gasteiger partial charge on any atom is -0.475 e. The molecule has 1 amide bonds. The maximum absolute atomic E-state index is 13.0. The first-order valence-electron chi connectivity index (χ1n) is 11.7. The van der Waals surface area contributed by atoms with Crippen LogP contribution in [0.1, 0.15) is 37.9 Å². The average Bonchev–Trinajstić information content (AvgIpc) is 3.63. The summed E-state index contributed by atoms with van der Waals surface area (Å²) in [5, 5.41) is 25.4. The summed E-state index contributed by atoms with van der Waals surface area (Å²) >= 11 is 0. The van der Waals surface area contributed by atoms with Crippen LogP contribution in [-0.2, 0) is 7.05 Å². The van der Waals surface area contributed by atoms with Gasteiger partial charge in [0.2, 0.25) is 5.88 Å². The second-order valence-electron chi connectivity index (χ2n) is 8.95. The summed E-state index contributed by atoms with van der Waals surface area (Å²) < 4.78 is 10.2. The molecule has 0 saturated heterocycles. The summed E-state index contributed by atoms with van der Waals surface area (Å²) in [6, 6.07) is 7.09. The average molecular weight is 496 g/mol. The number of hydrogen-bond acceptors (Lipinski definition) is 7. The van der Waals surface area contributed by atoms with Gasteiger partial charge in [-0.2, -0.15) is 25.2 Å². The molecule has 5 aromatic rings. The van der Waals surface area contributed by atoms with Gasteiger partial charge in [0.1, 0.15) is 6.07 Å². The molecule has 0 unspecified atom stereocenters. The normalized spacial score (nSPS) is 12.0. The predicted octanol–water partition coefficient (Wildman–Crippen LogP) is 3.97. The number of pyridine rings is 2.